The van der Waals surface area contributed by atoms with Crippen LogP contribution in [0.25, 0.3) is 10.8 Å². The van der Waals surface area contributed by atoms with Crippen molar-refractivity contribution in [3.63, 3.8) is 0 Å². The molecule has 0 atom stereocenters. The predicted octanol–water partition coefficient (Wildman–Crippen LogP) is 4.92. The van der Waals surface area contributed by atoms with Crippen LogP contribution in [0, 0.1) is 34.5 Å². The molecule has 0 radical (unpaired) electrons. The quantitative estimate of drug-likeness (QED) is 0.745. The van der Waals surface area contributed by atoms with Crippen molar-refractivity contribution >= 4 is 10.8 Å². The van der Waals surface area contributed by atoms with Crippen LogP contribution in [0.5, 0.6) is 0 Å². The van der Waals surface area contributed by atoms with E-state index in [9.17, 15) is 5.26 Å². The van der Waals surface area contributed by atoms with Gasteiger partial charge in [-0.2, -0.15) is 5.26 Å². The van der Waals surface area contributed by atoms with Gasteiger partial charge in [-0.1, -0.05) is 56.0 Å². The molecule has 2 aliphatic heterocycles. The number of likely N-dealkylation sites (tertiary alicyclic amines) is 1. The van der Waals surface area contributed by atoms with Gasteiger partial charge in [-0.25, -0.2) is 0 Å². The molecule has 0 spiro atoms. The van der Waals surface area contributed by atoms with Crippen LogP contribution in [0.15, 0.2) is 36.4 Å². The van der Waals surface area contributed by atoms with Gasteiger partial charge >= 0.3 is 0 Å². The summed E-state index contributed by atoms with van der Waals surface area (Å²) in [5.41, 5.74) is 2.39. The lowest BCUT2D eigenvalue weighted by Crippen LogP contribution is -2.46. The molecule has 3 heteroatoms. The van der Waals surface area contributed by atoms with E-state index in [1.54, 1.807) is 0 Å². The number of hydrogen-bond donors (Lipinski definition) is 1. The average molecular weight is 400 g/mol. The van der Waals surface area contributed by atoms with Crippen molar-refractivity contribution in [3.8, 4) is 17.9 Å². The van der Waals surface area contributed by atoms with E-state index in [1.165, 1.54) is 16.3 Å². The Labute approximate surface area is 181 Å². The van der Waals surface area contributed by atoms with E-state index in [0.717, 1.165) is 64.0 Å². The van der Waals surface area contributed by atoms with Gasteiger partial charge in [0.25, 0.3) is 0 Å². The number of piperidine rings is 2. The van der Waals surface area contributed by atoms with Crippen molar-refractivity contribution in [1.29, 1.82) is 5.26 Å². The molecule has 0 unspecified atom stereocenters. The maximum Gasteiger partial charge on any atom is 0.0724 e. The minimum absolute atomic E-state index is 0.152. The smallest absolute Gasteiger partial charge is 0.0724 e. The summed E-state index contributed by atoms with van der Waals surface area (Å²) in [5, 5.41) is 15.7. The fraction of sp³-hybridized carbons (Fsp3) is 0.519. The molecule has 0 aliphatic carbocycles. The van der Waals surface area contributed by atoms with Gasteiger partial charge in [0, 0.05) is 18.0 Å². The van der Waals surface area contributed by atoms with E-state index in [2.05, 4.69) is 78.4 Å². The largest absolute Gasteiger partial charge is 0.317 e. The first kappa shape index (κ1) is 20.9. The second-order valence-corrected chi connectivity index (χ2v) is 9.36. The molecule has 2 heterocycles. The second kappa shape index (κ2) is 9.22. The molecule has 156 valence electrons. The fourth-order valence-corrected chi connectivity index (χ4v) is 4.99. The van der Waals surface area contributed by atoms with E-state index in [-0.39, 0.29) is 5.41 Å². The first-order valence-corrected chi connectivity index (χ1v) is 11.5. The Kier molecular flexibility index (Phi) is 6.43. The summed E-state index contributed by atoms with van der Waals surface area (Å²) in [5.74, 6) is 8.05. The summed E-state index contributed by atoms with van der Waals surface area (Å²) in [6.45, 7) is 9.49. The zero-order valence-electron chi connectivity index (χ0n) is 18.4. The minimum atomic E-state index is -0.152. The maximum absolute atomic E-state index is 9.75. The standard InChI is InChI=1S/C27H33N3/c1-21(2)24-10-9-23(25-5-3-4-6-26(24)25)8-7-22-11-17-30(18-12-22)20-27(19-28)13-15-29-16-14-27/h3-6,9-10,21-22,29H,11-18,20H2,1-2H3. The zero-order chi connectivity index (χ0) is 21.0. The van der Waals surface area contributed by atoms with E-state index < -0.39 is 0 Å². The number of rotatable bonds is 3. The summed E-state index contributed by atoms with van der Waals surface area (Å²) in [7, 11) is 0. The summed E-state index contributed by atoms with van der Waals surface area (Å²) < 4.78 is 0. The first-order valence-electron chi connectivity index (χ1n) is 11.5. The Morgan fingerprint density at radius 1 is 1.07 bits per heavy atom. The van der Waals surface area contributed by atoms with Crippen molar-refractivity contribution in [1.82, 2.24) is 10.2 Å². The molecule has 2 fully saturated rings. The van der Waals surface area contributed by atoms with Crippen molar-refractivity contribution in [2.75, 3.05) is 32.7 Å². The summed E-state index contributed by atoms with van der Waals surface area (Å²) in [6, 6.07) is 15.8. The van der Waals surface area contributed by atoms with Crippen molar-refractivity contribution in [2.45, 2.75) is 45.4 Å². The fourth-order valence-electron chi connectivity index (χ4n) is 4.99. The number of fused-ring (bicyclic) bond motifs is 1. The van der Waals surface area contributed by atoms with E-state index in [1.807, 2.05) is 0 Å². The van der Waals surface area contributed by atoms with Crippen LogP contribution in [0.1, 0.15) is 56.6 Å². The van der Waals surface area contributed by atoms with Crippen LogP contribution in [0.3, 0.4) is 0 Å². The molecule has 30 heavy (non-hydrogen) atoms. The Morgan fingerprint density at radius 3 is 2.43 bits per heavy atom. The number of nitriles is 1. The maximum atomic E-state index is 9.75. The number of nitrogens with one attached hydrogen (secondary N) is 1. The topological polar surface area (TPSA) is 39.1 Å². The first-order chi connectivity index (χ1) is 14.6. The van der Waals surface area contributed by atoms with E-state index >= 15 is 0 Å². The molecule has 1 N–H and O–H groups in total. The molecule has 2 saturated heterocycles. The molecule has 0 aromatic heterocycles. The van der Waals surface area contributed by atoms with Crippen LogP contribution in [-0.2, 0) is 0 Å². The van der Waals surface area contributed by atoms with Gasteiger partial charge in [-0.05, 0) is 80.2 Å². The Hall–Kier alpha value is -2.33. The van der Waals surface area contributed by atoms with Gasteiger partial charge in [-0.3, -0.25) is 0 Å². The third-order valence-electron chi connectivity index (χ3n) is 6.90. The van der Waals surface area contributed by atoms with Crippen LogP contribution in [0.4, 0.5) is 0 Å². The van der Waals surface area contributed by atoms with Crippen molar-refractivity contribution in [3.05, 3.63) is 47.5 Å². The molecule has 0 saturated carbocycles. The van der Waals surface area contributed by atoms with Crippen LogP contribution in [-0.4, -0.2) is 37.6 Å². The predicted molar refractivity (Wildman–Crippen MR) is 124 cm³/mol. The Morgan fingerprint density at radius 2 is 1.77 bits per heavy atom. The zero-order valence-corrected chi connectivity index (χ0v) is 18.4. The van der Waals surface area contributed by atoms with Gasteiger partial charge in [0.1, 0.15) is 0 Å². The summed E-state index contributed by atoms with van der Waals surface area (Å²) in [4.78, 5) is 2.50. The molecule has 0 bridgehead atoms. The monoisotopic (exact) mass is 399 g/mol. The Balaban J connectivity index is 1.42. The molecule has 2 aliphatic rings. The lowest BCUT2D eigenvalue weighted by atomic mass is 9.79. The van der Waals surface area contributed by atoms with Gasteiger partial charge in [0.05, 0.1) is 11.5 Å². The highest BCUT2D eigenvalue weighted by Gasteiger charge is 2.34. The number of hydrogen-bond acceptors (Lipinski definition) is 3. The Bertz CT molecular complexity index is 975. The summed E-state index contributed by atoms with van der Waals surface area (Å²) >= 11 is 0. The van der Waals surface area contributed by atoms with Crippen LogP contribution >= 0.6 is 0 Å². The lowest BCUT2D eigenvalue weighted by molar-refractivity contribution is 0.128. The molecule has 2 aromatic carbocycles. The highest BCUT2D eigenvalue weighted by molar-refractivity contribution is 5.91. The molecular formula is C27H33N3. The van der Waals surface area contributed by atoms with Gasteiger partial charge in [-0.15, -0.1) is 0 Å². The summed E-state index contributed by atoms with van der Waals surface area (Å²) in [6.07, 6.45) is 4.16. The minimum Gasteiger partial charge on any atom is -0.317 e. The number of nitrogens with zero attached hydrogens (tertiary/aromatic N) is 2. The molecule has 2 aromatic rings. The molecule has 3 nitrogen and oxygen atoms in total. The van der Waals surface area contributed by atoms with Crippen molar-refractivity contribution < 1.29 is 0 Å². The lowest BCUT2D eigenvalue weighted by Gasteiger charge is -2.38. The SMILES string of the molecule is CC(C)c1ccc(C#CC2CCN(CC3(C#N)CCNCC3)CC2)c2ccccc12. The van der Waals surface area contributed by atoms with Crippen molar-refractivity contribution in [2.24, 2.45) is 11.3 Å². The van der Waals surface area contributed by atoms with Crippen LogP contribution in [0.2, 0.25) is 0 Å². The van der Waals surface area contributed by atoms with E-state index in [4.69, 9.17) is 0 Å². The van der Waals surface area contributed by atoms with Gasteiger partial charge < -0.3 is 10.2 Å². The molecule has 0 amide bonds. The highest BCUT2D eigenvalue weighted by Crippen LogP contribution is 2.31. The molecular weight excluding hydrogens is 366 g/mol. The highest BCUT2D eigenvalue weighted by atomic mass is 15.1. The third kappa shape index (κ3) is 4.54. The number of benzene rings is 2. The normalized spacial score (nSPS) is 19.9. The van der Waals surface area contributed by atoms with E-state index in [0.29, 0.717) is 11.8 Å². The average Bonchev–Trinajstić information content (AvgIpc) is 2.79. The third-order valence-corrected chi connectivity index (χ3v) is 6.90. The van der Waals surface area contributed by atoms with Crippen LogP contribution < -0.4 is 5.32 Å². The van der Waals surface area contributed by atoms with Gasteiger partial charge in [0.15, 0.2) is 0 Å². The van der Waals surface area contributed by atoms with Gasteiger partial charge in [0.2, 0.25) is 0 Å². The second-order valence-electron chi connectivity index (χ2n) is 9.36. The molecule has 4 rings (SSSR count).